The van der Waals surface area contributed by atoms with Crippen molar-refractivity contribution in [3.63, 3.8) is 0 Å². The Kier molecular flexibility index (Phi) is 50.3. The van der Waals surface area contributed by atoms with E-state index in [-0.39, 0.29) is 25.0 Å². The van der Waals surface area contributed by atoms with Gasteiger partial charge in [-0.1, -0.05) is 84.0 Å². The van der Waals surface area contributed by atoms with Crippen molar-refractivity contribution in [3.8, 4) is 0 Å². The van der Waals surface area contributed by atoms with Gasteiger partial charge in [-0.25, -0.2) is 0 Å². The number of esters is 2. The molecule has 0 aromatic rings. The van der Waals surface area contributed by atoms with Gasteiger partial charge in [-0.2, -0.15) is 0 Å². The minimum absolute atomic E-state index is 0.136. The minimum atomic E-state index is -0.253. The lowest BCUT2D eigenvalue weighted by Crippen LogP contribution is -2.15. The van der Waals surface area contributed by atoms with Crippen LogP contribution in [0.5, 0.6) is 0 Å². The van der Waals surface area contributed by atoms with Gasteiger partial charge < -0.3 is 61.6 Å². The van der Waals surface area contributed by atoms with Crippen LogP contribution in [0.1, 0.15) is 110 Å². The highest BCUT2D eigenvalue weighted by Gasteiger charge is 2.04. The largest absolute Gasteiger partial charge is 0.466 e. The van der Waals surface area contributed by atoms with Gasteiger partial charge in [0.1, 0.15) is 6.61 Å². The molecule has 0 aromatic carbocycles. The molecule has 0 unspecified atom stereocenters. The molecular weight excluding hydrogens is 756 g/mol. The maximum atomic E-state index is 11.9. The van der Waals surface area contributed by atoms with Crippen LogP contribution in [0.25, 0.3) is 0 Å². The fourth-order valence-electron chi connectivity index (χ4n) is 5.26. The minimum Gasteiger partial charge on any atom is -0.466 e. The van der Waals surface area contributed by atoms with Crippen molar-refractivity contribution >= 4 is 11.9 Å². The molecular formula is C43H84O15. The van der Waals surface area contributed by atoms with Crippen LogP contribution in [0.2, 0.25) is 0 Å². The molecule has 0 aromatic heterocycles. The van der Waals surface area contributed by atoms with Crippen LogP contribution in [0.4, 0.5) is 0 Å². The highest BCUT2D eigenvalue weighted by molar-refractivity contribution is 5.69. The first-order valence-electron chi connectivity index (χ1n) is 22.4. The fourth-order valence-corrected chi connectivity index (χ4v) is 5.26. The summed E-state index contributed by atoms with van der Waals surface area (Å²) in [6, 6.07) is 0. The third-order valence-corrected chi connectivity index (χ3v) is 8.45. The van der Waals surface area contributed by atoms with Crippen molar-refractivity contribution in [1.82, 2.24) is 0 Å². The van der Waals surface area contributed by atoms with E-state index in [4.69, 9.17) is 61.6 Å². The van der Waals surface area contributed by atoms with E-state index in [0.717, 1.165) is 12.8 Å². The lowest BCUT2D eigenvalue weighted by molar-refractivity contribution is -0.146. The number of hydrogen-bond donors (Lipinski definition) is 0. The molecule has 0 heterocycles. The smallest absolute Gasteiger partial charge is 0.308 e. The zero-order chi connectivity index (χ0) is 41.9. The Bertz CT molecular complexity index is 808. The van der Waals surface area contributed by atoms with E-state index >= 15 is 0 Å². The van der Waals surface area contributed by atoms with E-state index in [2.05, 4.69) is 6.92 Å². The fraction of sp³-hybridized carbons (Fsp3) is 0.953. The van der Waals surface area contributed by atoms with Crippen LogP contribution in [0.15, 0.2) is 0 Å². The molecule has 0 amide bonds. The molecule has 0 rings (SSSR count). The SMILES string of the molecule is CCCCCCCCCCCCCCCC(=O)OCCOCCOCCOCCOCCOCCOCCOCCOCCOCCOCCOCCC(=O)OCC. The predicted molar refractivity (Wildman–Crippen MR) is 222 cm³/mol. The number of unbranched alkanes of at least 4 members (excludes halogenated alkanes) is 12. The van der Waals surface area contributed by atoms with Gasteiger partial charge >= 0.3 is 11.9 Å². The lowest BCUT2D eigenvalue weighted by atomic mass is 10.0. The van der Waals surface area contributed by atoms with Crippen molar-refractivity contribution in [2.45, 2.75) is 110 Å². The van der Waals surface area contributed by atoms with Crippen LogP contribution in [-0.2, 0) is 71.2 Å². The van der Waals surface area contributed by atoms with Crippen LogP contribution in [0.3, 0.4) is 0 Å². The van der Waals surface area contributed by atoms with E-state index in [9.17, 15) is 9.59 Å². The first-order chi connectivity index (χ1) is 28.7. The molecule has 0 saturated heterocycles. The topological polar surface area (TPSA) is 154 Å². The van der Waals surface area contributed by atoms with Crippen molar-refractivity contribution in [3.05, 3.63) is 0 Å². The van der Waals surface area contributed by atoms with Gasteiger partial charge in [-0.05, 0) is 13.3 Å². The Morgan fingerprint density at radius 1 is 0.259 bits per heavy atom. The summed E-state index contributed by atoms with van der Waals surface area (Å²) >= 11 is 0. The molecule has 0 radical (unpaired) electrons. The Hall–Kier alpha value is -1.50. The summed E-state index contributed by atoms with van der Waals surface area (Å²) in [5.74, 6) is -0.388. The Morgan fingerprint density at radius 3 is 0.793 bits per heavy atom. The highest BCUT2D eigenvalue weighted by atomic mass is 16.6. The van der Waals surface area contributed by atoms with Crippen LogP contribution >= 0.6 is 0 Å². The second-order valence-electron chi connectivity index (χ2n) is 13.5. The molecule has 0 aliphatic rings. The number of hydrogen-bond acceptors (Lipinski definition) is 15. The summed E-state index contributed by atoms with van der Waals surface area (Å²) < 4.78 is 70.2. The van der Waals surface area contributed by atoms with E-state index in [1.165, 1.54) is 70.6 Å². The normalized spacial score (nSPS) is 11.4. The molecule has 0 aliphatic heterocycles. The maximum absolute atomic E-state index is 11.9. The quantitative estimate of drug-likeness (QED) is 0.0508. The molecule has 0 spiro atoms. The van der Waals surface area contributed by atoms with Crippen molar-refractivity contribution in [1.29, 1.82) is 0 Å². The summed E-state index contributed by atoms with van der Waals surface area (Å²) in [6.07, 6.45) is 17.5. The third-order valence-electron chi connectivity index (χ3n) is 8.45. The molecule has 0 bridgehead atoms. The van der Waals surface area contributed by atoms with Gasteiger partial charge in [-0.3, -0.25) is 9.59 Å². The van der Waals surface area contributed by atoms with E-state index < -0.39 is 0 Å². The number of ether oxygens (including phenoxy) is 13. The second kappa shape index (κ2) is 51.6. The average Bonchev–Trinajstić information content (AvgIpc) is 3.22. The molecule has 0 saturated carbocycles. The van der Waals surface area contributed by atoms with Gasteiger partial charge in [0.25, 0.3) is 0 Å². The standard InChI is InChI=1S/C43H84O15/c1-3-5-6-7-8-9-10-11-12-13-14-15-16-17-42(44)58-41-40-56-39-38-55-37-36-54-35-34-53-33-32-52-31-30-51-29-28-50-27-26-49-25-24-48-23-22-47-21-20-46-19-18-43(45)57-4-2/h3-41H2,1-2H3. The van der Waals surface area contributed by atoms with Gasteiger partial charge in [0.05, 0.1) is 158 Å². The molecule has 15 heteroatoms. The van der Waals surface area contributed by atoms with Crippen molar-refractivity contribution in [2.24, 2.45) is 0 Å². The second-order valence-corrected chi connectivity index (χ2v) is 13.5. The van der Waals surface area contributed by atoms with Crippen LogP contribution in [-0.4, -0.2) is 171 Å². The molecule has 0 N–H and O–H groups in total. The predicted octanol–water partition coefficient (Wildman–Crippen LogP) is 6.15. The van der Waals surface area contributed by atoms with Gasteiger partial charge in [0, 0.05) is 6.42 Å². The molecule has 0 atom stereocenters. The number of carbonyl (C=O) groups is 2. The molecule has 346 valence electrons. The van der Waals surface area contributed by atoms with Crippen LogP contribution < -0.4 is 0 Å². The summed E-state index contributed by atoms with van der Waals surface area (Å²) in [6.45, 7) is 15.0. The van der Waals surface area contributed by atoms with Crippen molar-refractivity contribution in [2.75, 3.05) is 159 Å². The maximum Gasteiger partial charge on any atom is 0.308 e. The van der Waals surface area contributed by atoms with Gasteiger partial charge in [0.15, 0.2) is 0 Å². The first kappa shape index (κ1) is 56.5. The van der Waals surface area contributed by atoms with E-state index in [0.29, 0.717) is 158 Å². The third kappa shape index (κ3) is 50.6. The van der Waals surface area contributed by atoms with Gasteiger partial charge in [0.2, 0.25) is 0 Å². The summed E-state index contributed by atoms with van der Waals surface area (Å²) in [7, 11) is 0. The highest BCUT2D eigenvalue weighted by Crippen LogP contribution is 2.13. The zero-order valence-corrected chi connectivity index (χ0v) is 36.7. The summed E-state index contributed by atoms with van der Waals surface area (Å²) in [5.41, 5.74) is 0. The van der Waals surface area contributed by atoms with Gasteiger partial charge in [-0.15, -0.1) is 0 Å². The Balaban J connectivity index is 3.13. The number of carbonyl (C=O) groups excluding carboxylic acids is 2. The number of rotatable bonds is 51. The first-order valence-corrected chi connectivity index (χ1v) is 22.4. The molecule has 15 nitrogen and oxygen atoms in total. The summed E-state index contributed by atoms with van der Waals surface area (Å²) in [4.78, 5) is 23.1. The molecule has 58 heavy (non-hydrogen) atoms. The Morgan fingerprint density at radius 2 is 0.500 bits per heavy atom. The molecule has 0 aliphatic carbocycles. The van der Waals surface area contributed by atoms with Crippen molar-refractivity contribution < 1.29 is 71.2 Å². The zero-order valence-electron chi connectivity index (χ0n) is 36.7. The van der Waals surface area contributed by atoms with E-state index in [1.807, 2.05) is 0 Å². The summed E-state index contributed by atoms with van der Waals surface area (Å²) in [5, 5.41) is 0. The monoisotopic (exact) mass is 841 g/mol. The van der Waals surface area contributed by atoms with E-state index in [1.54, 1.807) is 6.92 Å². The Labute approximate surface area is 351 Å². The molecule has 0 fully saturated rings. The lowest BCUT2D eigenvalue weighted by Gasteiger charge is -2.09. The average molecular weight is 841 g/mol. The van der Waals surface area contributed by atoms with Crippen LogP contribution in [0, 0.1) is 0 Å².